The molecule has 0 N–H and O–H groups in total. The van der Waals surface area contributed by atoms with Gasteiger partial charge in [0, 0.05) is 22.9 Å². The number of Topliss-reactive ketones (excluding diaryl/α,β-unsaturated/α-hetero) is 1. The van der Waals surface area contributed by atoms with Crippen LogP contribution in [0.2, 0.25) is 0 Å². The number of amides is 1. The molecule has 0 spiro atoms. The molecule has 1 aromatic heterocycles. The number of ether oxygens (including phenoxy) is 1. The van der Waals surface area contributed by atoms with E-state index < -0.39 is 0 Å². The molecule has 0 atom stereocenters. The van der Waals surface area contributed by atoms with Gasteiger partial charge in [-0.15, -0.1) is 11.3 Å². The van der Waals surface area contributed by atoms with E-state index in [9.17, 15) is 9.59 Å². The van der Waals surface area contributed by atoms with Gasteiger partial charge in [-0.25, -0.2) is 4.98 Å². The zero-order valence-electron chi connectivity index (χ0n) is 19.7. The second kappa shape index (κ2) is 9.84. The highest BCUT2D eigenvalue weighted by molar-refractivity contribution is 7.10. The number of carbonyl (C=O) groups excluding carboxylic acids is 2. The molecule has 0 fully saturated rings. The van der Waals surface area contributed by atoms with Crippen LogP contribution >= 0.6 is 11.3 Å². The minimum absolute atomic E-state index is 0.0318. The second-order valence-electron chi connectivity index (χ2n) is 8.94. The molecule has 0 aliphatic carbocycles. The molecule has 0 bridgehead atoms. The van der Waals surface area contributed by atoms with Crippen LogP contribution in [-0.2, 0) is 11.2 Å². The van der Waals surface area contributed by atoms with Gasteiger partial charge < -0.3 is 4.74 Å². The number of thiazole rings is 1. The molecule has 35 heavy (non-hydrogen) atoms. The summed E-state index contributed by atoms with van der Waals surface area (Å²) in [6.45, 7) is 4.12. The standard InChI is InChI=1S/C29H26N2O3S/c1-19(2)21-8-10-22(11-9-21)26(32)16-31-25-15-23(12-13-27(25)34-17-29(31)33)24-18-35-28(30-24)14-20-6-4-3-5-7-20/h3-13,15,18-19H,14,16-17H2,1-2H3. The van der Waals surface area contributed by atoms with Crippen molar-refractivity contribution in [2.24, 2.45) is 0 Å². The van der Waals surface area contributed by atoms with Gasteiger partial charge in [0.05, 0.1) is 22.9 Å². The van der Waals surface area contributed by atoms with Crippen molar-refractivity contribution >= 4 is 28.7 Å². The number of rotatable bonds is 7. The van der Waals surface area contributed by atoms with Crippen LogP contribution in [0.5, 0.6) is 5.75 Å². The van der Waals surface area contributed by atoms with Crippen LogP contribution in [0.1, 0.15) is 46.3 Å². The molecule has 176 valence electrons. The molecule has 0 saturated carbocycles. The third-order valence-corrected chi connectivity index (χ3v) is 7.00. The number of nitrogens with zero attached hydrogens (tertiary/aromatic N) is 2. The van der Waals surface area contributed by atoms with Gasteiger partial charge >= 0.3 is 0 Å². The van der Waals surface area contributed by atoms with E-state index in [1.165, 1.54) is 16.0 Å². The summed E-state index contributed by atoms with van der Waals surface area (Å²) in [6.07, 6.45) is 0.772. The lowest BCUT2D eigenvalue weighted by atomic mass is 10.00. The fourth-order valence-corrected chi connectivity index (χ4v) is 4.96. The van der Waals surface area contributed by atoms with Crippen LogP contribution in [0.15, 0.2) is 78.2 Å². The highest BCUT2D eigenvalue weighted by atomic mass is 32.1. The van der Waals surface area contributed by atoms with Crippen LogP contribution in [0.4, 0.5) is 5.69 Å². The Morgan fingerprint density at radius 3 is 2.57 bits per heavy atom. The van der Waals surface area contributed by atoms with Crippen LogP contribution in [0.25, 0.3) is 11.3 Å². The number of aromatic nitrogens is 1. The molecule has 0 radical (unpaired) electrons. The van der Waals surface area contributed by atoms with Gasteiger partial charge in [-0.2, -0.15) is 0 Å². The summed E-state index contributed by atoms with van der Waals surface area (Å²) in [5.74, 6) is 0.649. The van der Waals surface area contributed by atoms with Gasteiger partial charge in [-0.05, 0) is 35.2 Å². The van der Waals surface area contributed by atoms with Crippen LogP contribution in [0, 0.1) is 0 Å². The topological polar surface area (TPSA) is 59.5 Å². The smallest absolute Gasteiger partial charge is 0.265 e. The van der Waals surface area contributed by atoms with Crippen molar-refractivity contribution in [1.29, 1.82) is 0 Å². The van der Waals surface area contributed by atoms with Crippen LogP contribution in [0.3, 0.4) is 0 Å². The zero-order chi connectivity index (χ0) is 24.4. The van der Waals surface area contributed by atoms with Crippen molar-refractivity contribution in [2.45, 2.75) is 26.2 Å². The first-order valence-electron chi connectivity index (χ1n) is 11.7. The fraction of sp³-hybridized carbons (Fsp3) is 0.207. The lowest BCUT2D eigenvalue weighted by Gasteiger charge is -2.29. The van der Waals surface area contributed by atoms with E-state index in [-0.39, 0.29) is 24.8 Å². The van der Waals surface area contributed by atoms with E-state index in [0.29, 0.717) is 22.9 Å². The molecule has 3 aromatic carbocycles. The summed E-state index contributed by atoms with van der Waals surface area (Å²) in [5.41, 5.74) is 5.31. The summed E-state index contributed by atoms with van der Waals surface area (Å²) < 4.78 is 5.65. The maximum Gasteiger partial charge on any atom is 0.265 e. The first-order valence-corrected chi connectivity index (χ1v) is 12.5. The summed E-state index contributed by atoms with van der Waals surface area (Å²) in [4.78, 5) is 32.1. The Morgan fingerprint density at radius 1 is 1.06 bits per heavy atom. The summed E-state index contributed by atoms with van der Waals surface area (Å²) in [6, 6.07) is 23.5. The van der Waals surface area contributed by atoms with Gasteiger partial charge in [0.1, 0.15) is 5.75 Å². The average molecular weight is 483 g/mol. The first-order chi connectivity index (χ1) is 17.0. The normalized spacial score (nSPS) is 13.0. The van der Waals surface area contributed by atoms with Crippen molar-refractivity contribution in [2.75, 3.05) is 18.1 Å². The Hall–Kier alpha value is -3.77. The molecule has 5 rings (SSSR count). The SMILES string of the molecule is CC(C)c1ccc(C(=O)CN2C(=O)COc3ccc(-c4csc(Cc5ccccc5)n4)cc32)cc1. The van der Waals surface area contributed by atoms with Crippen LogP contribution < -0.4 is 9.64 Å². The Kier molecular flexibility index (Phi) is 6.47. The van der Waals surface area contributed by atoms with Crippen LogP contribution in [-0.4, -0.2) is 29.8 Å². The van der Waals surface area contributed by atoms with Crippen molar-refractivity contribution in [1.82, 2.24) is 4.98 Å². The molecular formula is C29H26N2O3S. The Balaban J connectivity index is 1.38. The fourth-order valence-electron chi connectivity index (χ4n) is 4.12. The zero-order valence-corrected chi connectivity index (χ0v) is 20.5. The number of hydrogen-bond acceptors (Lipinski definition) is 5. The van der Waals surface area contributed by atoms with E-state index in [2.05, 4.69) is 26.0 Å². The number of ketones is 1. The molecule has 0 unspecified atom stereocenters. The van der Waals surface area contributed by atoms with Gasteiger partial charge in [-0.1, -0.05) is 68.4 Å². The predicted octanol–water partition coefficient (Wildman–Crippen LogP) is 6.13. The summed E-state index contributed by atoms with van der Waals surface area (Å²) >= 11 is 1.61. The van der Waals surface area contributed by atoms with Gasteiger partial charge in [0.15, 0.2) is 12.4 Å². The van der Waals surface area contributed by atoms with E-state index in [1.807, 2.05) is 66.0 Å². The monoisotopic (exact) mass is 482 g/mol. The maximum absolute atomic E-state index is 13.0. The van der Waals surface area contributed by atoms with Crippen molar-refractivity contribution < 1.29 is 14.3 Å². The maximum atomic E-state index is 13.0. The largest absolute Gasteiger partial charge is 0.482 e. The molecule has 1 aliphatic heterocycles. The third-order valence-electron chi connectivity index (χ3n) is 6.15. The summed E-state index contributed by atoms with van der Waals surface area (Å²) in [7, 11) is 0. The van der Waals surface area contributed by atoms with Gasteiger partial charge in [0.2, 0.25) is 0 Å². The quantitative estimate of drug-likeness (QED) is 0.297. The highest BCUT2D eigenvalue weighted by Crippen LogP contribution is 2.36. The predicted molar refractivity (Wildman–Crippen MR) is 140 cm³/mol. The highest BCUT2D eigenvalue weighted by Gasteiger charge is 2.28. The minimum atomic E-state index is -0.232. The number of fused-ring (bicyclic) bond motifs is 1. The lowest BCUT2D eigenvalue weighted by molar-refractivity contribution is -0.121. The van der Waals surface area contributed by atoms with Crippen molar-refractivity contribution in [3.8, 4) is 17.0 Å². The van der Waals surface area contributed by atoms with Crippen molar-refractivity contribution in [3.05, 3.63) is 99.9 Å². The van der Waals surface area contributed by atoms with E-state index >= 15 is 0 Å². The minimum Gasteiger partial charge on any atom is -0.482 e. The van der Waals surface area contributed by atoms with E-state index in [4.69, 9.17) is 9.72 Å². The third kappa shape index (κ3) is 5.03. The van der Waals surface area contributed by atoms with E-state index in [1.54, 1.807) is 11.3 Å². The number of hydrogen-bond donors (Lipinski definition) is 0. The number of anilines is 1. The molecule has 4 aromatic rings. The van der Waals surface area contributed by atoms with E-state index in [0.717, 1.165) is 22.7 Å². The molecule has 5 nitrogen and oxygen atoms in total. The average Bonchev–Trinajstić information content (AvgIpc) is 3.34. The molecule has 6 heteroatoms. The Bertz CT molecular complexity index is 1360. The molecule has 1 amide bonds. The Morgan fingerprint density at radius 2 is 1.83 bits per heavy atom. The van der Waals surface area contributed by atoms with Crippen molar-refractivity contribution in [3.63, 3.8) is 0 Å². The number of carbonyl (C=O) groups is 2. The first kappa shape index (κ1) is 23.0. The Labute approximate surface area is 209 Å². The molecule has 2 heterocycles. The molecular weight excluding hydrogens is 456 g/mol. The molecule has 1 aliphatic rings. The second-order valence-corrected chi connectivity index (χ2v) is 9.88. The number of benzene rings is 3. The van der Waals surface area contributed by atoms with Gasteiger partial charge in [0.25, 0.3) is 5.91 Å². The summed E-state index contributed by atoms with van der Waals surface area (Å²) in [5, 5.41) is 3.05. The molecule has 0 saturated heterocycles. The lowest BCUT2D eigenvalue weighted by Crippen LogP contribution is -2.42. The van der Waals surface area contributed by atoms with Gasteiger partial charge in [-0.3, -0.25) is 14.5 Å².